The van der Waals surface area contributed by atoms with Crippen molar-refractivity contribution in [2.24, 2.45) is 5.92 Å². The van der Waals surface area contributed by atoms with Crippen LogP contribution in [0, 0.1) is 5.92 Å². The van der Waals surface area contributed by atoms with Gasteiger partial charge in [0, 0.05) is 29.9 Å². The molecule has 1 spiro atoms. The third kappa shape index (κ3) is 3.56. The molecular formula is C33H30O10. The van der Waals surface area contributed by atoms with Gasteiger partial charge in [-0.2, -0.15) is 0 Å². The van der Waals surface area contributed by atoms with Crippen molar-refractivity contribution in [1.82, 2.24) is 0 Å². The molecule has 1 saturated heterocycles. The predicted octanol–water partition coefficient (Wildman–Crippen LogP) is 3.81. The maximum Gasteiger partial charge on any atom is 0.201 e. The Morgan fingerprint density at radius 1 is 0.907 bits per heavy atom. The van der Waals surface area contributed by atoms with Crippen LogP contribution in [0.3, 0.4) is 0 Å². The van der Waals surface area contributed by atoms with Crippen molar-refractivity contribution >= 4 is 11.4 Å². The topological polar surface area (TPSA) is 155 Å². The molecule has 2 heterocycles. The SMILES string of the molecule is COc1cc(O)ccc1CC1C2OC34CC(O)(C(=O)C=C3C=C2c2ccc(OC)c(O)c2OC)c2cc(O)c(O)cc2C14. The molecule has 0 saturated carbocycles. The molecule has 10 nitrogen and oxygen atoms in total. The summed E-state index contributed by atoms with van der Waals surface area (Å²) < 4.78 is 23.5. The number of carbonyl (C=O) groups is 1. The van der Waals surface area contributed by atoms with Crippen LogP contribution in [0.15, 0.2) is 60.2 Å². The van der Waals surface area contributed by atoms with Gasteiger partial charge < -0.3 is 44.5 Å². The van der Waals surface area contributed by atoms with Crippen molar-refractivity contribution in [3.63, 3.8) is 0 Å². The van der Waals surface area contributed by atoms with Crippen LogP contribution in [0.5, 0.6) is 40.2 Å². The van der Waals surface area contributed by atoms with Crippen molar-refractivity contribution < 1.29 is 49.3 Å². The average molecular weight is 587 g/mol. The number of phenols is 4. The molecule has 5 N–H and O–H groups in total. The number of ether oxygens (including phenoxy) is 4. The molecule has 0 radical (unpaired) electrons. The number of fused-ring (bicyclic) bond motifs is 5. The highest BCUT2D eigenvalue weighted by molar-refractivity contribution is 6.02. The first-order chi connectivity index (χ1) is 20.6. The Labute approximate surface area is 246 Å². The van der Waals surface area contributed by atoms with Gasteiger partial charge in [-0.15, -0.1) is 0 Å². The standard InChI is InChI=1S/C33H30O10/c1-40-25-7-6-18(31(42-3)29(25)38)19-9-16-10-27(37)32(39)14-33(16)28(20-12-23(35)24(36)13-22(20)32)21(30(19)43-33)8-15-4-5-17(34)11-26(15)41-2/h4-7,9-13,21,28,30,34-36,38-39H,8,14H2,1-3H3. The second kappa shape index (κ2) is 9.16. The van der Waals surface area contributed by atoms with E-state index in [1.54, 1.807) is 24.3 Å². The van der Waals surface area contributed by atoms with Crippen molar-refractivity contribution in [2.45, 2.75) is 36.1 Å². The smallest absolute Gasteiger partial charge is 0.201 e. The zero-order valence-corrected chi connectivity index (χ0v) is 23.6. The lowest BCUT2D eigenvalue weighted by atomic mass is 9.56. The van der Waals surface area contributed by atoms with Crippen LogP contribution in [0.25, 0.3) is 5.57 Å². The molecule has 0 amide bonds. The normalized spacial score (nSPS) is 28.1. The van der Waals surface area contributed by atoms with E-state index in [1.165, 1.54) is 45.6 Å². The first-order valence-electron chi connectivity index (χ1n) is 13.8. The van der Waals surface area contributed by atoms with Crippen LogP contribution in [0.2, 0.25) is 0 Å². The lowest BCUT2D eigenvalue weighted by Crippen LogP contribution is -2.56. The van der Waals surface area contributed by atoms with Crippen LogP contribution in [0.1, 0.15) is 34.6 Å². The maximum atomic E-state index is 13.6. The Morgan fingerprint density at radius 3 is 2.37 bits per heavy atom. The fraction of sp³-hybridized carbons (Fsp3) is 0.303. The summed E-state index contributed by atoms with van der Waals surface area (Å²) >= 11 is 0. The Balaban J connectivity index is 1.50. The van der Waals surface area contributed by atoms with Crippen molar-refractivity contribution in [1.29, 1.82) is 0 Å². The minimum absolute atomic E-state index is 0.0455. The molecule has 222 valence electrons. The largest absolute Gasteiger partial charge is 0.508 e. The summed E-state index contributed by atoms with van der Waals surface area (Å²) in [6.45, 7) is 0. The van der Waals surface area contributed by atoms with E-state index in [0.29, 0.717) is 34.4 Å². The van der Waals surface area contributed by atoms with Gasteiger partial charge in [-0.05, 0) is 76.7 Å². The fourth-order valence-electron chi connectivity index (χ4n) is 7.65. The van der Waals surface area contributed by atoms with E-state index < -0.39 is 34.8 Å². The third-order valence-electron chi connectivity index (χ3n) is 9.46. The van der Waals surface area contributed by atoms with E-state index in [0.717, 1.165) is 5.56 Å². The fourth-order valence-corrected chi connectivity index (χ4v) is 7.65. The minimum atomic E-state index is -1.97. The molecule has 2 aliphatic heterocycles. The first kappa shape index (κ1) is 27.2. The predicted molar refractivity (Wildman–Crippen MR) is 153 cm³/mol. The van der Waals surface area contributed by atoms with E-state index in [9.17, 15) is 30.3 Å². The van der Waals surface area contributed by atoms with Gasteiger partial charge in [0.1, 0.15) is 17.1 Å². The molecule has 1 fully saturated rings. The molecule has 0 aromatic heterocycles. The molecule has 5 unspecified atom stereocenters. The van der Waals surface area contributed by atoms with Crippen LogP contribution in [-0.4, -0.2) is 64.4 Å². The van der Waals surface area contributed by atoms with Crippen LogP contribution in [0.4, 0.5) is 0 Å². The van der Waals surface area contributed by atoms with E-state index in [4.69, 9.17) is 18.9 Å². The number of aromatic hydroxyl groups is 4. The highest BCUT2D eigenvalue weighted by atomic mass is 16.5. The summed E-state index contributed by atoms with van der Waals surface area (Å²) in [5.41, 5.74) is 0.114. The van der Waals surface area contributed by atoms with E-state index in [2.05, 4.69) is 0 Å². The van der Waals surface area contributed by atoms with Gasteiger partial charge in [-0.1, -0.05) is 6.07 Å². The van der Waals surface area contributed by atoms with Gasteiger partial charge >= 0.3 is 0 Å². The molecule has 3 aromatic carbocycles. The van der Waals surface area contributed by atoms with Crippen molar-refractivity contribution in [3.8, 4) is 40.2 Å². The lowest BCUT2D eigenvalue weighted by Gasteiger charge is -2.51. The summed E-state index contributed by atoms with van der Waals surface area (Å²) in [5.74, 6) is -1.52. The number of phenolic OH excluding ortho intramolecular Hbond substituents is 4. The number of ketones is 1. The highest BCUT2D eigenvalue weighted by Gasteiger charge is 2.68. The van der Waals surface area contributed by atoms with E-state index in [1.807, 2.05) is 6.08 Å². The Morgan fingerprint density at radius 2 is 1.65 bits per heavy atom. The number of methoxy groups -OCH3 is 3. The number of aliphatic hydroxyl groups is 1. The second-order valence-electron chi connectivity index (χ2n) is 11.5. The van der Waals surface area contributed by atoms with Gasteiger partial charge in [0.25, 0.3) is 0 Å². The quantitative estimate of drug-likeness (QED) is 0.269. The van der Waals surface area contributed by atoms with Crippen molar-refractivity contribution in [3.05, 3.63) is 82.4 Å². The zero-order valence-electron chi connectivity index (χ0n) is 23.6. The van der Waals surface area contributed by atoms with Gasteiger partial charge in [0.05, 0.1) is 27.4 Å². The summed E-state index contributed by atoms with van der Waals surface area (Å²) in [6.07, 6.45) is 2.91. The van der Waals surface area contributed by atoms with Gasteiger partial charge in [-0.25, -0.2) is 0 Å². The third-order valence-corrected chi connectivity index (χ3v) is 9.46. The number of rotatable bonds is 6. The van der Waals surface area contributed by atoms with Gasteiger partial charge in [0.15, 0.2) is 34.4 Å². The average Bonchev–Trinajstić information content (AvgIpc) is 3.24. The first-order valence-corrected chi connectivity index (χ1v) is 13.8. The molecule has 3 bridgehead atoms. The molecule has 2 aliphatic carbocycles. The van der Waals surface area contributed by atoms with Gasteiger partial charge in [-0.3, -0.25) is 4.79 Å². The zero-order chi connectivity index (χ0) is 30.4. The van der Waals surface area contributed by atoms with Crippen LogP contribution in [-0.2, 0) is 21.6 Å². The summed E-state index contributed by atoms with van der Waals surface area (Å²) in [4.78, 5) is 13.6. The summed E-state index contributed by atoms with van der Waals surface area (Å²) in [6, 6.07) is 10.9. The van der Waals surface area contributed by atoms with E-state index in [-0.39, 0.29) is 46.6 Å². The molecule has 5 atom stereocenters. The van der Waals surface area contributed by atoms with Crippen LogP contribution >= 0.6 is 0 Å². The molecule has 7 rings (SSSR count). The molecule has 10 heteroatoms. The molecular weight excluding hydrogens is 556 g/mol. The second-order valence-corrected chi connectivity index (χ2v) is 11.5. The maximum absolute atomic E-state index is 13.6. The lowest BCUT2D eigenvalue weighted by molar-refractivity contribution is -0.148. The number of hydrogen-bond donors (Lipinski definition) is 5. The monoisotopic (exact) mass is 586 g/mol. The number of carbonyl (C=O) groups excluding carboxylic acids is 1. The summed E-state index contributed by atoms with van der Waals surface area (Å²) in [7, 11) is 4.39. The van der Waals surface area contributed by atoms with E-state index >= 15 is 0 Å². The summed E-state index contributed by atoms with van der Waals surface area (Å²) in [5, 5.41) is 54.0. The molecule has 3 aromatic rings. The Kier molecular flexibility index (Phi) is 5.79. The Bertz CT molecular complexity index is 1770. The van der Waals surface area contributed by atoms with Crippen molar-refractivity contribution in [2.75, 3.05) is 21.3 Å². The minimum Gasteiger partial charge on any atom is -0.508 e. The van der Waals surface area contributed by atoms with Crippen LogP contribution < -0.4 is 14.2 Å². The molecule has 4 aliphatic rings. The number of hydrogen-bond acceptors (Lipinski definition) is 10. The number of benzene rings is 3. The Hall–Kier alpha value is -4.67. The molecule has 43 heavy (non-hydrogen) atoms. The van der Waals surface area contributed by atoms with Gasteiger partial charge in [0.2, 0.25) is 5.75 Å². The highest BCUT2D eigenvalue weighted by Crippen LogP contribution is 2.67.